The highest BCUT2D eigenvalue weighted by atomic mass is 16.3. The molecule has 0 aromatic rings. The molecule has 0 aromatic heterocycles. The lowest BCUT2D eigenvalue weighted by Gasteiger charge is -2.36. The van der Waals surface area contributed by atoms with Gasteiger partial charge in [0.15, 0.2) is 0 Å². The van der Waals surface area contributed by atoms with Crippen LogP contribution in [0.4, 0.5) is 0 Å². The topological polar surface area (TPSA) is 23.5 Å². The Kier molecular flexibility index (Phi) is 3.82. The van der Waals surface area contributed by atoms with Gasteiger partial charge in [-0.25, -0.2) is 0 Å². The lowest BCUT2D eigenvalue weighted by Crippen LogP contribution is -2.45. The molecular weight excluding hydrogens is 174 g/mol. The highest BCUT2D eigenvalue weighted by Gasteiger charge is 2.27. The summed E-state index contributed by atoms with van der Waals surface area (Å²) in [6.45, 7) is 2.45. The van der Waals surface area contributed by atoms with Gasteiger partial charge in [-0.05, 0) is 38.8 Å². The quantitative estimate of drug-likeness (QED) is 0.651. The number of aliphatic hydroxyl groups excluding tert-OH is 1. The SMILES string of the molecule is O[C@H]1CCCCC[C@H]1N1CCCCC1. The van der Waals surface area contributed by atoms with Gasteiger partial charge < -0.3 is 5.11 Å². The average molecular weight is 197 g/mol. The lowest BCUT2D eigenvalue weighted by atomic mass is 10.0. The molecule has 2 nitrogen and oxygen atoms in total. The standard InChI is InChI=1S/C12H23NO/c14-12-8-4-1-3-7-11(12)13-9-5-2-6-10-13/h11-12,14H,1-10H2/t11-,12+/m1/s1. The van der Waals surface area contributed by atoms with E-state index in [1.54, 1.807) is 0 Å². The van der Waals surface area contributed by atoms with Crippen LogP contribution in [0.1, 0.15) is 51.4 Å². The monoisotopic (exact) mass is 197 g/mol. The second-order valence-corrected chi connectivity index (χ2v) is 4.87. The molecule has 1 saturated heterocycles. The third-order valence-electron chi connectivity index (χ3n) is 3.80. The van der Waals surface area contributed by atoms with Crippen LogP contribution in [0.25, 0.3) is 0 Å². The molecule has 2 heteroatoms. The molecule has 1 aliphatic carbocycles. The van der Waals surface area contributed by atoms with Crippen LogP contribution >= 0.6 is 0 Å². The van der Waals surface area contributed by atoms with Crippen molar-refractivity contribution in [3.63, 3.8) is 0 Å². The maximum absolute atomic E-state index is 10.1. The van der Waals surface area contributed by atoms with Gasteiger partial charge in [0.25, 0.3) is 0 Å². The summed E-state index contributed by atoms with van der Waals surface area (Å²) < 4.78 is 0. The summed E-state index contributed by atoms with van der Waals surface area (Å²) in [5, 5.41) is 10.1. The van der Waals surface area contributed by atoms with Crippen LogP contribution in [0.5, 0.6) is 0 Å². The van der Waals surface area contributed by atoms with E-state index in [2.05, 4.69) is 4.90 Å². The smallest absolute Gasteiger partial charge is 0.0695 e. The predicted molar refractivity (Wildman–Crippen MR) is 58.3 cm³/mol. The minimum atomic E-state index is -0.0457. The Morgan fingerprint density at radius 1 is 0.786 bits per heavy atom. The van der Waals surface area contributed by atoms with Crippen molar-refractivity contribution in [2.45, 2.75) is 63.5 Å². The molecule has 82 valence electrons. The van der Waals surface area contributed by atoms with Gasteiger partial charge in [0, 0.05) is 6.04 Å². The molecule has 0 spiro atoms. The Labute approximate surface area is 87.3 Å². The zero-order valence-corrected chi connectivity index (χ0v) is 9.12. The van der Waals surface area contributed by atoms with Gasteiger partial charge in [0.1, 0.15) is 0 Å². The van der Waals surface area contributed by atoms with Crippen LogP contribution in [0.3, 0.4) is 0 Å². The first-order valence-corrected chi connectivity index (χ1v) is 6.30. The van der Waals surface area contributed by atoms with E-state index in [0.29, 0.717) is 6.04 Å². The average Bonchev–Trinajstić information content (AvgIpc) is 2.44. The van der Waals surface area contributed by atoms with Crippen molar-refractivity contribution in [1.29, 1.82) is 0 Å². The molecule has 1 heterocycles. The Bertz CT molecular complexity index is 166. The molecule has 1 N–H and O–H groups in total. The van der Waals surface area contributed by atoms with Crippen molar-refractivity contribution in [1.82, 2.24) is 4.90 Å². The van der Waals surface area contributed by atoms with Gasteiger partial charge in [-0.3, -0.25) is 4.90 Å². The molecule has 2 rings (SSSR count). The van der Waals surface area contributed by atoms with Crippen LogP contribution < -0.4 is 0 Å². The summed E-state index contributed by atoms with van der Waals surface area (Å²) in [6.07, 6.45) is 10.1. The van der Waals surface area contributed by atoms with Crippen molar-refractivity contribution in [2.75, 3.05) is 13.1 Å². The molecule has 1 aliphatic heterocycles. The van der Waals surface area contributed by atoms with E-state index in [4.69, 9.17) is 0 Å². The highest BCUT2D eigenvalue weighted by Crippen LogP contribution is 2.24. The summed E-state index contributed by atoms with van der Waals surface area (Å²) in [4.78, 5) is 2.54. The van der Waals surface area contributed by atoms with Gasteiger partial charge in [-0.2, -0.15) is 0 Å². The molecule has 2 aliphatic rings. The van der Waals surface area contributed by atoms with Crippen LogP contribution in [0, 0.1) is 0 Å². The minimum Gasteiger partial charge on any atom is -0.391 e. The summed E-state index contributed by atoms with van der Waals surface area (Å²) in [7, 11) is 0. The third kappa shape index (κ3) is 2.48. The number of nitrogens with zero attached hydrogens (tertiary/aromatic N) is 1. The van der Waals surface area contributed by atoms with Gasteiger partial charge in [-0.1, -0.05) is 25.7 Å². The van der Waals surface area contributed by atoms with Crippen molar-refractivity contribution in [3.05, 3.63) is 0 Å². The number of aliphatic hydroxyl groups is 1. The lowest BCUT2D eigenvalue weighted by molar-refractivity contribution is 0.0340. The molecule has 14 heavy (non-hydrogen) atoms. The number of rotatable bonds is 1. The summed E-state index contributed by atoms with van der Waals surface area (Å²) in [5.41, 5.74) is 0. The molecular formula is C12H23NO. The van der Waals surface area contributed by atoms with E-state index in [1.807, 2.05) is 0 Å². The number of piperidine rings is 1. The number of hydrogen-bond donors (Lipinski definition) is 1. The van der Waals surface area contributed by atoms with E-state index in [-0.39, 0.29) is 6.10 Å². The van der Waals surface area contributed by atoms with Crippen molar-refractivity contribution >= 4 is 0 Å². The molecule has 2 atom stereocenters. The van der Waals surface area contributed by atoms with E-state index in [0.717, 1.165) is 6.42 Å². The largest absolute Gasteiger partial charge is 0.391 e. The Balaban J connectivity index is 1.91. The van der Waals surface area contributed by atoms with Crippen molar-refractivity contribution in [3.8, 4) is 0 Å². The summed E-state index contributed by atoms with van der Waals surface area (Å²) in [5.74, 6) is 0. The summed E-state index contributed by atoms with van der Waals surface area (Å²) in [6, 6.07) is 0.484. The fourth-order valence-corrected chi connectivity index (χ4v) is 2.94. The normalized spacial score (nSPS) is 36.6. The van der Waals surface area contributed by atoms with Crippen LogP contribution in [0.2, 0.25) is 0 Å². The van der Waals surface area contributed by atoms with E-state index in [9.17, 15) is 5.11 Å². The highest BCUT2D eigenvalue weighted by molar-refractivity contribution is 4.83. The van der Waals surface area contributed by atoms with Crippen LogP contribution in [-0.2, 0) is 0 Å². The first-order valence-electron chi connectivity index (χ1n) is 6.30. The van der Waals surface area contributed by atoms with Crippen molar-refractivity contribution in [2.24, 2.45) is 0 Å². The molecule has 1 saturated carbocycles. The molecule has 0 radical (unpaired) electrons. The molecule has 0 unspecified atom stereocenters. The zero-order valence-electron chi connectivity index (χ0n) is 9.12. The third-order valence-corrected chi connectivity index (χ3v) is 3.80. The first-order chi connectivity index (χ1) is 6.88. The zero-order chi connectivity index (χ0) is 9.80. The fourth-order valence-electron chi connectivity index (χ4n) is 2.94. The fraction of sp³-hybridized carbons (Fsp3) is 1.00. The summed E-state index contributed by atoms with van der Waals surface area (Å²) >= 11 is 0. The van der Waals surface area contributed by atoms with E-state index in [1.165, 1.54) is 58.0 Å². The Morgan fingerprint density at radius 3 is 2.21 bits per heavy atom. The predicted octanol–water partition coefficient (Wildman–Crippen LogP) is 2.17. The van der Waals surface area contributed by atoms with Crippen LogP contribution in [0.15, 0.2) is 0 Å². The van der Waals surface area contributed by atoms with E-state index >= 15 is 0 Å². The van der Waals surface area contributed by atoms with Gasteiger partial charge >= 0.3 is 0 Å². The Hall–Kier alpha value is -0.0800. The second kappa shape index (κ2) is 5.13. The van der Waals surface area contributed by atoms with Gasteiger partial charge in [-0.15, -0.1) is 0 Å². The first kappa shape index (κ1) is 10.4. The van der Waals surface area contributed by atoms with Gasteiger partial charge in [0.05, 0.1) is 6.10 Å². The number of hydrogen-bond acceptors (Lipinski definition) is 2. The number of likely N-dealkylation sites (tertiary alicyclic amines) is 1. The minimum absolute atomic E-state index is 0.0457. The molecule has 0 bridgehead atoms. The Morgan fingerprint density at radius 2 is 1.43 bits per heavy atom. The maximum atomic E-state index is 10.1. The molecule has 0 amide bonds. The van der Waals surface area contributed by atoms with Gasteiger partial charge in [0.2, 0.25) is 0 Å². The second-order valence-electron chi connectivity index (χ2n) is 4.87. The van der Waals surface area contributed by atoms with E-state index < -0.39 is 0 Å². The molecule has 2 fully saturated rings. The maximum Gasteiger partial charge on any atom is 0.0695 e. The van der Waals surface area contributed by atoms with Crippen molar-refractivity contribution < 1.29 is 5.11 Å². The van der Waals surface area contributed by atoms with Crippen LogP contribution in [-0.4, -0.2) is 35.2 Å². The molecule has 0 aromatic carbocycles.